The molecule has 0 aliphatic rings. The molecule has 0 fully saturated rings. The lowest BCUT2D eigenvalue weighted by Gasteiger charge is -2.03. The summed E-state index contributed by atoms with van der Waals surface area (Å²) in [6.45, 7) is 0. The van der Waals surface area contributed by atoms with Crippen LogP contribution >= 0.6 is 0 Å². The molecule has 0 spiro atoms. The van der Waals surface area contributed by atoms with Gasteiger partial charge in [-0.15, -0.1) is 0 Å². The molecule has 0 aliphatic heterocycles. The first-order chi connectivity index (χ1) is 8.49. The van der Waals surface area contributed by atoms with Crippen molar-refractivity contribution in [3.8, 4) is 0 Å². The van der Waals surface area contributed by atoms with Crippen LogP contribution in [0.1, 0.15) is 24.8 Å². The molecule has 0 heterocycles. The molecule has 0 aromatic heterocycles. The van der Waals surface area contributed by atoms with Crippen LogP contribution in [0, 0.1) is 0 Å². The summed E-state index contributed by atoms with van der Waals surface area (Å²) in [4.78, 5) is 10.3. The molecule has 0 atom stereocenters. The number of aryl methyl sites for hydroxylation is 1. The Hall–Kier alpha value is -1.36. The topological polar surface area (TPSA) is 71.4 Å². The van der Waals surface area contributed by atoms with Crippen LogP contribution in [0.5, 0.6) is 0 Å². The highest BCUT2D eigenvalue weighted by atomic mass is 32.2. The van der Waals surface area contributed by atoms with E-state index in [-0.39, 0.29) is 17.9 Å². The van der Waals surface area contributed by atoms with Crippen molar-refractivity contribution in [3.63, 3.8) is 0 Å². The molecule has 0 saturated carbocycles. The van der Waals surface area contributed by atoms with E-state index >= 15 is 0 Å². The van der Waals surface area contributed by atoms with Crippen molar-refractivity contribution < 1.29 is 18.3 Å². The van der Waals surface area contributed by atoms with Crippen LogP contribution in [-0.2, 0) is 21.1 Å². The minimum absolute atomic E-state index is 0.0765. The molecule has 1 aromatic carbocycles. The zero-order valence-corrected chi connectivity index (χ0v) is 11.0. The van der Waals surface area contributed by atoms with E-state index < -0.39 is 15.8 Å². The lowest BCUT2D eigenvalue weighted by molar-refractivity contribution is -0.136. The molecule has 0 aliphatic carbocycles. The maximum atomic E-state index is 11.5. The zero-order chi connectivity index (χ0) is 13.4. The minimum atomic E-state index is -3.21. The zero-order valence-electron chi connectivity index (χ0n) is 10.2. The number of sulfone groups is 1. The number of rotatable bonds is 8. The first-order valence-electron chi connectivity index (χ1n) is 5.96. The van der Waals surface area contributed by atoms with Crippen LogP contribution in [0.25, 0.3) is 0 Å². The fraction of sp³-hybridized carbons (Fsp3) is 0.462. The van der Waals surface area contributed by atoms with Crippen molar-refractivity contribution in [2.24, 2.45) is 0 Å². The molecule has 4 nitrogen and oxygen atoms in total. The van der Waals surface area contributed by atoms with Gasteiger partial charge in [0.05, 0.1) is 17.9 Å². The molecule has 0 radical (unpaired) electrons. The van der Waals surface area contributed by atoms with E-state index in [4.69, 9.17) is 5.11 Å². The van der Waals surface area contributed by atoms with Gasteiger partial charge in [-0.25, -0.2) is 8.42 Å². The molecular weight excluding hydrogens is 252 g/mol. The Kier molecular flexibility index (Phi) is 5.85. The van der Waals surface area contributed by atoms with E-state index in [0.29, 0.717) is 6.42 Å². The highest BCUT2D eigenvalue weighted by Gasteiger charge is 2.12. The Morgan fingerprint density at radius 1 is 1.06 bits per heavy atom. The first-order valence-corrected chi connectivity index (χ1v) is 7.78. The lowest BCUT2D eigenvalue weighted by Crippen LogP contribution is -2.14. The average Bonchev–Trinajstić information content (AvgIpc) is 2.34. The molecular formula is C13H18O4S. The van der Waals surface area contributed by atoms with Crippen molar-refractivity contribution >= 4 is 15.8 Å². The molecule has 1 aromatic rings. The molecule has 0 amide bonds. The third-order valence-electron chi connectivity index (χ3n) is 2.64. The van der Waals surface area contributed by atoms with Crippen LogP contribution in [0.15, 0.2) is 30.3 Å². The molecule has 0 bridgehead atoms. The van der Waals surface area contributed by atoms with Gasteiger partial charge in [-0.05, 0) is 24.8 Å². The fourth-order valence-corrected chi connectivity index (χ4v) is 2.97. The number of carboxylic acid groups (broad SMARTS) is 1. The van der Waals surface area contributed by atoms with Crippen molar-refractivity contribution in [3.05, 3.63) is 35.9 Å². The van der Waals surface area contributed by atoms with Gasteiger partial charge in [-0.3, -0.25) is 4.79 Å². The summed E-state index contributed by atoms with van der Waals surface area (Å²) in [5, 5.41) is 8.43. The van der Waals surface area contributed by atoms with Gasteiger partial charge < -0.3 is 5.11 Å². The van der Waals surface area contributed by atoms with Gasteiger partial charge in [0.2, 0.25) is 0 Å². The predicted octanol–water partition coefficient (Wildman–Crippen LogP) is 1.90. The highest BCUT2D eigenvalue weighted by Crippen LogP contribution is 2.06. The Labute approximate surface area is 108 Å². The number of aliphatic carboxylic acids is 1. The maximum Gasteiger partial charge on any atom is 0.304 e. The van der Waals surface area contributed by atoms with Crippen LogP contribution in [0.2, 0.25) is 0 Å². The van der Waals surface area contributed by atoms with Gasteiger partial charge in [-0.1, -0.05) is 30.3 Å². The summed E-state index contributed by atoms with van der Waals surface area (Å²) >= 11 is 0. The normalized spacial score (nSPS) is 11.3. The van der Waals surface area contributed by atoms with E-state index in [0.717, 1.165) is 12.8 Å². The molecule has 5 heteroatoms. The Morgan fingerprint density at radius 3 is 2.33 bits per heavy atom. The van der Waals surface area contributed by atoms with Gasteiger partial charge in [0.25, 0.3) is 0 Å². The second-order valence-electron chi connectivity index (χ2n) is 4.24. The third kappa shape index (κ3) is 6.39. The number of unbranched alkanes of at least 4 members (excludes halogenated alkanes) is 1. The van der Waals surface area contributed by atoms with Gasteiger partial charge >= 0.3 is 5.97 Å². The summed E-state index contributed by atoms with van der Waals surface area (Å²) in [7, 11) is -3.21. The molecule has 0 saturated heterocycles. The standard InChI is InChI=1S/C13H18O4S/c14-13(15)9-11-18(16,17)10-5-4-8-12-6-2-1-3-7-12/h1-3,6-7H,4-5,8-11H2,(H,14,15). The van der Waals surface area contributed by atoms with Crippen molar-refractivity contribution in [1.29, 1.82) is 0 Å². The van der Waals surface area contributed by atoms with Crippen LogP contribution in [0.3, 0.4) is 0 Å². The van der Waals surface area contributed by atoms with Crippen molar-refractivity contribution in [2.45, 2.75) is 25.7 Å². The quantitative estimate of drug-likeness (QED) is 0.732. The number of hydrogen-bond donors (Lipinski definition) is 1. The SMILES string of the molecule is O=C(O)CCS(=O)(=O)CCCCc1ccccc1. The second-order valence-corrected chi connectivity index (χ2v) is 6.54. The molecule has 1 rings (SSSR count). The smallest absolute Gasteiger partial charge is 0.304 e. The highest BCUT2D eigenvalue weighted by molar-refractivity contribution is 7.91. The van der Waals surface area contributed by atoms with Crippen LogP contribution in [0.4, 0.5) is 0 Å². The Morgan fingerprint density at radius 2 is 1.72 bits per heavy atom. The second kappa shape index (κ2) is 7.16. The summed E-state index contributed by atoms with van der Waals surface area (Å²) in [6.07, 6.45) is 1.93. The van der Waals surface area contributed by atoms with Gasteiger partial charge in [-0.2, -0.15) is 0 Å². The predicted molar refractivity (Wildman–Crippen MR) is 70.3 cm³/mol. The Balaban J connectivity index is 2.23. The molecule has 100 valence electrons. The number of carboxylic acids is 1. The van der Waals surface area contributed by atoms with Crippen molar-refractivity contribution in [1.82, 2.24) is 0 Å². The van der Waals surface area contributed by atoms with E-state index in [1.54, 1.807) is 0 Å². The number of carbonyl (C=O) groups is 1. The monoisotopic (exact) mass is 270 g/mol. The maximum absolute atomic E-state index is 11.5. The first kappa shape index (κ1) is 14.7. The van der Waals surface area contributed by atoms with Gasteiger partial charge in [0, 0.05) is 0 Å². The van der Waals surface area contributed by atoms with Crippen molar-refractivity contribution in [2.75, 3.05) is 11.5 Å². The number of benzene rings is 1. The number of hydrogen-bond acceptors (Lipinski definition) is 3. The van der Waals surface area contributed by atoms with E-state index in [1.165, 1.54) is 5.56 Å². The summed E-state index contributed by atoms with van der Waals surface area (Å²) in [5.41, 5.74) is 1.19. The van der Waals surface area contributed by atoms with E-state index in [2.05, 4.69) is 0 Å². The van der Waals surface area contributed by atoms with E-state index in [9.17, 15) is 13.2 Å². The molecule has 1 N–H and O–H groups in total. The molecule has 0 unspecified atom stereocenters. The van der Waals surface area contributed by atoms with E-state index in [1.807, 2.05) is 30.3 Å². The summed E-state index contributed by atoms with van der Waals surface area (Å²) in [6, 6.07) is 9.88. The Bertz CT molecular complexity index is 465. The summed E-state index contributed by atoms with van der Waals surface area (Å²) in [5.74, 6) is -1.25. The summed E-state index contributed by atoms with van der Waals surface area (Å²) < 4.78 is 23.0. The molecule has 18 heavy (non-hydrogen) atoms. The fourth-order valence-electron chi connectivity index (χ4n) is 1.64. The van der Waals surface area contributed by atoms with Gasteiger partial charge in [0.1, 0.15) is 0 Å². The lowest BCUT2D eigenvalue weighted by atomic mass is 10.1. The van der Waals surface area contributed by atoms with Gasteiger partial charge in [0.15, 0.2) is 9.84 Å². The average molecular weight is 270 g/mol. The minimum Gasteiger partial charge on any atom is -0.481 e. The largest absolute Gasteiger partial charge is 0.481 e. The van der Waals surface area contributed by atoms with Crippen LogP contribution in [-0.4, -0.2) is 31.0 Å². The third-order valence-corrected chi connectivity index (χ3v) is 4.38. The van der Waals surface area contributed by atoms with Crippen LogP contribution < -0.4 is 0 Å².